The third kappa shape index (κ3) is 3.27. The van der Waals surface area contributed by atoms with Crippen molar-refractivity contribution in [2.24, 2.45) is 17.8 Å². The van der Waals surface area contributed by atoms with Gasteiger partial charge in [-0.3, -0.25) is 4.90 Å². The van der Waals surface area contributed by atoms with Gasteiger partial charge in [-0.25, -0.2) is 0 Å². The van der Waals surface area contributed by atoms with E-state index in [0.717, 1.165) is 36.4 Å². The van der Waals surface area contributed by atoms with Crippen LogP contribution in [0.3, 0.4) is 0 Å². The second-order valence-electron chi connectivity index (χ2n) is 7.07. The van der Waals surface area contributed by atoms with Crippen molar-refractivity contribution in [1.82, 2.24) is 10.2 Å². The minimum Gasteiger partial charge on any atom is -0.313 e. The minimum atomic E-state index is 0.758. The van der Waals surface area contributed by atoms with Gasteiger partial charge in [-0.2, -0.15) is 0 Å². The van der Waals surface area contributed by atoms with Gasteiger partial charge in [-0.05, 0) is 56.9 Å². The largest absolute Gasteiger partial charge is 0.313 e. The van der Waals surface area contributed by atoms with Crippen molar-refractivity contribution in [3.8, 4) is 0 Å². The molecule has 3 fully saturated rings. The quantitative estimate of drug-likeness (QED) is 0.780. The molecular formula is C16H30N2. The van der Waals surface area contributed by atoms with Crippen LogP contribution in [0.5, 0.6) is 0 Å². The Hall–Kier alpha value is -0.0800. The summed E-state index contributed by atoms with van der Waals surface area (Å²) in [5.41, 5.74) is 0. The highest BCUT2D eigenvalue weighted by atomic mass is 15.2. The first-order valence-electron chi connectivity index (χ1n) is 8.23. The molecule has 0 aromatic carbocycles. The number of likely N-dealkylation sites (N-methyl/N-ethyl adjacent to an activating group) is 1. The lowest BCUT2D eigenvalue weighted by Gasteiger charge is -2.41. The number of hydrogen-bond donors (Lipinski definition) is 1. The Labute approximate surface area is 113 Å². The zero-order valence-electron chi connectivity index (χ0n) is 12.2. The Morgan fingerprint density at radius 3 is 2.50 bits per heavy atom. The van der Waals surface area contributed by atoms with E-state index >= 15 is 0 Å². The van der Waals surface area contributed by atoms with E-state index in [1.54, 1.807) is 0 Å². The lowest BCUT2D eigenvalue weighted by Crippen LogP contribution is -2.52. The molecule has 0 amide bonds. The van der Waals surface area contributed by atoms with E-state index in [-0.39, 0.29) is 0 Å². The monoisotopic (exact) mass is 250 g/mol. The molecular weight excluding hydrogens is 220 g/mol. The van der Waals surface area contributed by atoms with Crippen molar-refractivity contribution in [2.75, 3.05) is 19.6 Å². The summed E-state index contributed by atoms with van der Waals surface area (Å²) < 4.78 is 0. The molecule has 3 unspecified atom stereocenters. The van der Waals surface area contributed by atoms with E-state index < -0.39 is 0 Å². The van der Waals surface area contributed by atoms with Gasteiger partial charge in [0.15, 0.2) is 0 Å². The predicted octanol–water partition coefficient (Wildman–Crippen LogP) is 2.89. The third-order valence-electron chi connectivity index (χ3n) is 5.30. The first kappa shape index (κ1) is 12.9. The Morgan fingerprint density at radius 1 is 1.11 bits per heavy atom. The van der Waals surface area contributed by atoms with Gasteiger partial charge in [-0.1, -0.05) is 19.8 Å². The lowest BCUT2D eigenvalue weighted by atomic mass is 9.88. The van der Waals surface area contributed by atoms with Crippen molar-refractivity contribution in [3.05, 3.63) is 0 Å². The first-order chi connectivity index (χ1) is 8.76. The fourth-order valence-corrected chi connectivity index (χ4v) is 3.88. The Bertz CT molecular complexity index is 270. The summed E-state index contributed by atoms with van der Waals surface area (Å²) in [4.78, 5) is 2.81. The smallest absolute Gasteiger partial charge is 0.0198 e. The van der Waals surface area contributed by atoms with Gasteiger partial charge in [0.05, 0.1) is 0 Å². The van der Waals surface area contributed by atoms with E-state index in [4.69, 9.17) is 0 Å². The van der Waals surface area contributed by atoms with Crippen LogP contribution < -0.4 is 5.32 Å². The van der Waals surface area contributed by atoms with Gasteiger partial charge in [0, 0.05) is 25.2 Å². The predicted molar refractivity (Wildman–Crippen MR) is 76.7 cm³/mol. The molecule has 2 saturated carbocycles. The van der Waals surface area contributed by atoms with E-state index in [2.05, 4.69) is 24.1 Å². The molecule has 0 radical (unpaired) electrons. The van der Waals surface area contributed by atoms with Gasteiger partial charge in [-0.15, -0.1) is 0 Å². The lowest BCUT2D eigenvalue weighted by molar-refractivity contribution is 0.0892. The van der Waals surface area contributed by atoms with Crippen LogP contribution in [0, 0.1) is 17.8 Å². The highest BCUT2D eigenvalue weighted by molar-refractivity contribution is 4.92. The topological polar surface area (TPSA) is 15.3 Å². The van der Waals surface area contributed by atoms with Crippen LogP contribution in [-0.4, -0.2) is 36.6 Å². The summed E-state index contributed by atoms with van der Waals surface area (Å²) in [6.45, 7) is 8.54. The van der Waals surface area contributed by atoms with E-state index in [0.29, 0.717) is 0 Å². The van der Waals surface area contributed by atoms with E-state index in [9.17, 15) is 0 Å². The zero-order valence-corrected chi connectivity index (χ0v) is 12.2. The Balaban J connectivity index is 1.57. The molecule has 18 heavy (non-hydrogen) atoms. The third-order valence-corrected chi connectivity index (χ3v) is 5.30. The molecule has 0 aromatic rings. The molecule has 2 aliphatic carbocycles. The maximum atomic E-state index is 3.71. The van der Waals surface area contributed by atoms with Crippen LogP contribution >= 0.6 is 0 Å². The summed E-state index contributed by atoms with van der Waals surface area (Å²) in [5.74, 6) is 3.08. The average Bonchev–Trinajstić information content (AvgIpc) is 3.22. The molecule has 0 spiro atoms. The van der Waals surface area contributed by atoms with Gasteiger partial charge in [0.1, 0.15) is 0 Å². The highest BCUT2D eigenvalue weighted by Gasteiger charge is 2.37. The van der Waals surface area contributed by atoms with Gasteiger partial charge < -0.3 is 5.32 Å². The van der Waals surface area contributed by atoms with Gasteiger partial charge in [0.25, 0.3) is 0 Å². The minimum absolute atomic E-state index is 0.758. The SMILES string of the molecule is CCNC1CC(CC2CC2)CN(C(C)C2CC2)C1. The number of nitrogens with zero attached hydrogens (tertiary/aromatic N) is 1. The number of hydrogen-bond acceptors (Lipinski definition) is 2. The molecule has 3 rings (SSSR count). The summed E-state index contributed by atoms with van der Waals surface area (Å²) in [5, 5.41) is 3.71. The maximum absolute atomic E-state index is 3.71. The van der Waals surface area contributed by atoms with E-state index in [1.807, 2.05) is 0 Å². The standard InChI is InChI=1S/C16H30N2/c1-3-17-16-9-14(8-13-4-5-13)10-18(11-16)12(2)15-6-7-15/h12-17H,3-11H2,1-2H3. The first-order valence-corrected chi connectivity index (χ1v) is 8.23. The molecule has 0 aromatic heterocycles. The van der Waals surface area contributed by atoms with Crippen molar-refractivity contribution in [3.63, 3.8) is 0 Å². The Kier molecular flexibility index (Phi) is 3.95. The normalized spacial score (nSPS) is 35.7. The zero-order chi connectivity index (χ0) is 12.5. The molecule has 3 aliphatic rings. The van der Waals surface area contributed by atoms with Gasteiger partial charge in [0.2, 0.25) is 0 Å². The van der Waals surface area contributed by atoms with Crippen molar-refractivity contribution in [2.45, 2.75) is 64.5 Å². The molecule has 104 valence electrons. The summed E-state index contributed by atoms with van der Waals surface area (Å²) >= 11 is 0. The second kappa shape index (κ2) is 5.50. The summed E-state index contributed by atoms with van der Waals surface area (Å²) in [7, 11) is 0. The molecule has 0 bridgehead atoms. The van der Waals surface area contributed by atoms with Crippen LogP contribution in [0.1, 0.15) is 52.4 Å². The highest BCUT2D eigenvalue weighted by Crippen LogP contribution is 2.40. The van der Waals surface area contributed by atoms with Crippen LogP contribution in [0.15, 0.2) is 0 Å². The number of rotatable bonds is 6. The van der Waals surface area contributed by atoms with Crippen molar-refractivity contribution < 1.29 is 0 Å². The van der Waals surface area contributed by atoms with Crippen LogP contribution in [0.4, 0.5) is 0 Å². The second-order valence-corrected chi connectivity index (χ2v) is 7.07. The van der Waals surface area contributed by atoms with Crippen LogP contribution in [-0.2, 0) is 0 Å². The summed E-state index contributed by atoms with van der Waals surface area (Å²) in [6, 6.07) is 1.60. The molecule has 1 N–H and O–H groups in total. The fourth-order valence-electron chi connectivity index (χ4n) is 3.88. The van der Waals surface area contributed by atoms with E-state index in [1.165, 1.54) is 51.6 Å². The van der Waals surface area contributed by atoms with Gasteiger partial charge >= 0.3 is 0 Å². The average molecular weight is 250 g/mol. The molecule has 1 saturated heterocycles. The molecule has 3 atom stereocenters. The molecule has 2 heteroatoms. The van der Waals surface area contributed by atoms with Crippen LogP contribution in [0.25, 0.3) is 0 Å². The van der Waals surface area contributed by atoms with Crippen molar-refractivity contribution >= 4 is 0 Å². The van der Waals surface area contributed by atoms with Crippen LogP contribution in [0.2, 0.25) is 0 Å². The number of piperidine rings is 1. The molecule has 2 nitrogen and oxygen atoms in total. The maximum Gasteiger partial charge on any atom is 0.0198 e. The fraction of sp³-hybridized carbons (Fsp3) is 1.00. The molecule has 1 heterocycles. The Morgan fingerprint density at radius 2 is 1.89 bits per heavy atom. The number of nitrogens with one attached hydrogen (secondary N) is 1. The number of likely N-dealkylation sites (tertiary alicyclic amines) is 1. The van der Waals surface area contributed by atoms with Crippen molar-refractivity contribution in [1.29, 1.82) is 0 Å². The molecule has 1 aliphatic heterocycles. The summed E-state index contributed by atoms with van der Waals surface area (Å²) in [6.07, 6.45) is 8.93.